The molecule has 0 aromatic carbocycles. The van der Waals surface area contributed by atoms with Gasteiger partial charge in [-0.25, -0.2) is 0 Å². The van der Waals surface area contributed by atoms with Gasteiger partial charge in [0.15, 0.2) is 0 Å². The summed E-state index contributed by atoms with van der Waals surface area (Å²) >= 11 is 0. The summed E-state index contributed by atoms with van der Waals surface area (Å²) in [5.41, 5.74) is 5.31. The van der Waals surface area contributed by atoms with Gasteiger partial charge < -0.3 is 15.0 Å². The van der Waals surface area contributed by atoms with Gasteiger partial charge in [-0.2, -0.15) is 4.98 Å². The molecular weight excluding hydrogens is 242 g/mol. The van der Waals surface area contributed by atoms with E-state index in [-0.39, 0.29) is 5.60 Å². The van der Waals surface area contributed by atoms with E-state index >= 15 is 0 Å². The summed E-state index contributed by atoms with van der Waals surface area (Å²) in [6.07, 6.45) is 6.33. The van der Waals surface area contributed by atoms with E-state index in [1.165, 1.54) is 19.3 Å². The van der Waals surface area contributed by atoms with E-state index in [2.05, 4.69) is 17.1 Å². The van der Waals surface area contributed by atoms with Crippen LogP contribution in [0.15, 0.2) is 4.52 Å². The number of nitrogens with two attached hydrogens (primary N) is 1. The molecule has 0 bridgehead atoms. The molecule has 1 heterocycles. The standard InChI is InChI=1S/C14H25N3O2/c1-3-18-14(7-5-4-6-8-14)13-16-12(19-17-13)9-11(2)10-15/h11H,3-10,15H2,1-2H3. The van der Waals surface area contributed by atoms with Crippen LogP contribution in [0.25, 0.3) is 0 Å². The highest BCUT2D eigenvalue weighted by Crippen LogP contribution is 2.39. The lowest BCUT2D eigenvalue weighted by atomic mass is 9.84. The minimum Gasteiger partial charge on any atom is -0.367 e. The average Bonchev–Trinajstić information content (AvgIpc) is 2.89. The summed E-state index contributed by atoms with van der Waals surface area (Å²) in [5, 5.41) is 4.17. The zero-order chi connectivity index (χ0) is 13.7. The minimum atomic E-state index is -0.319. The van der Waals surface area contributed by atoms with Crippen molar-refractivity contribution in [3.05, 3.63) is 11.7 Å². The van der Waals surface area contributed by atoms with Gasteiger partial charge in [0.1, 0.15) is 5.60 Å². The van der Waals surface area contributed by atoms with Crippen molar-refractivity contribution >= 4 is 0 Å². The molecule has 0 radical (unpaired) electrons. The molecule has 1 fully saturated rings. The molecule has 5 nitrogen and oxygen atoms in total. The first kappa shape index (κ1) is 14.5. The van der Waals surface area contributed by atoms with Gasteiger partial charge in [-0.05, 0) is 32.2 Å². The lowest BCUT2D eigenvalue weighted by Crippen LogP contribution is -2.33. The molecule has 108 valence electrons. The number of nitrogens with zero attached hydrogens (tertiary/aromatic N) is 2. The van der Waals surface area contributed by atoms with Crippen molar-refractivity contribution in [1.29, 1.82) is 0 Å². The number of hydrogen-bond acceptors (Lipinski definition) is 5. The topological polar surface area (TPSA) is 74.2 Å². The summed E-state index contributed by atoms with van der Waals surface area (Å²) < 4.78 is 11.4. The van der Waals surface area contributed by atoms with E-state index in [0.29, 0.717) is 25.0 Å². The fraction of sp³-hybridized carbons (Fsp3) is 0.857. The molecule has 1 aromatic rings. The predicted octanol–water partition coefficient (Wildman–Crippen LogP) is 2.40. The molecule has 0 saturated heterocycles. The van der Waals surface area contributed by atoms with Crippen molar-refractivity contribution in [1.82, 2.24) is 10.1 Å². The van der Waals surface area contributed by atoms with Crippen LogP contribution in [-0.2, 0) is 16.8 Å². The predicted molar refractivity (Wildman–Crippen MR) is 72.6 cm³/mol. The van der Waals surface area contributed by atoms with Crippen LogP contribution < -0.4 is 5.73 Å². The number of aromatic nitrogens is 2. The summed E-state index contributed by atoms with van der Waals surface area (Å²) in [4.78, 5) is 4.55. The molecule has 5 heteroatoms. The van der Waals surface area contributed by atoms with Crippen molar-refractivity contribution in [3.63, 3.8) is 0 Å². The van der Waals surface area contributed by atoms with E-state index in [0.717, 1.165) is 25.1 Å². The molecule has 0 amide bonds. The highest BCUT2D eigenvalue weighted by atomic mass is 16.5. The smallest absolute Gasteiger partial charge is 0.227 e. The van der Waals surface area contributed by atoms with Gasteiger partial charge in [-0.15, -0.1) is 0 Å². The second-order valence-electron chi connectivity index (χ2n) is 5.54. The SMILES string of the molecule is CCOC1(c2noc(CC(C)CN)n2)CCCCC1. The summed E-state index contributed by atoms with van der Waals surface area (Å²) in [6.45, 7) is 5.42. The van der Waals surface area contributed by atoms with Gasteiger partial charge in [0.05, 0.1) is 0 Å². The summed E-state index contributed by atoms with van der Waals surface area (Å²) in [6, 6.07) is 0. The van der Waals surface area contributed by atoms with E-state index < -0.39 is 0 Å². The average molecular weight is 267 g/mol. The molecule has 0 aliphatic heterocycles. The van der Waals surface area contributed by atoms with Crippen molar-refractivity contribution < 1.29 is 9.26 Å². The second kappa shape index (κ2) is 6.48. The molecule has 0 spiro atoms. The Morgan fingerprint density at radius 1 is 1.37 bits per heavy atom. The van der Waals surface area contributed by atoms with Gasteiger partial charge in [-0.1, -0.05) is 31.3 Å². The number of rotatable bonds is 6. The Labute approximate surface area is 114 Å². The lowest BCUT2D eigenvalue weighted by molar-refractivity contribution is -0.0777. The van der Waals surface area contributed by atoms with Crippen LogP contribution in [0.4, 0.5) is 0 Å². The van der Waals surface area contributed by atoms with Gasteiger partial charge in [0.2, 0.25) is 11.7 Å². The zero-order valence-electron chi connectivity index (χ0n) is 12.0. The monoisotopic (exact) mass is 267 g/mol. The van der Waals surface area contributed by atoms with Crippen molar-refractivity contribution in [2.75, 3.05) is 13.2 Å². The first-order chi connectivity index (χ1) is 9.20. The molecular formula is C14H25N3O2. The Hall–Kier alpha value is -0.940. The van der Waals surface area contributed by atoms with Crippen LogP contribution in [0.3, 0.4) is 0 Å². The maximum absolute atomic E-state index is 5.99. The van der Waals surface area contributed by atoms with Crippen LogP contribution in [0.2, 0.25) is 0 Å². The molecule has 1 aliphatic carbocycles. The van der Waals surface area contributed by atoms with Gasteiger partial charge in [0.25, 0.3) is 0 Å². The molecule has 2 N–H and O–H groups in total. The second-order valence-corrected chi connectivity index (χ2v) is 5.54. The Balaban J connectivity index is 2.13. The van der Waals surface area contributed by atoms with Gasteiger partial charge in [-0.3, -0.25) is 0 Å². The first-order valence-corrected chi connectivity index (χ1v) is 7.37. The van der Waals surface area contributed by atoms with E-state index in [9.17, 15) is 0 Å². The maximum atomic E-state index is 5.99. The third kappa shape index (κ3) is 3.34. The lowest BCUT2D eigenvalue weighted by Gasteiger charge is -2.33. The van der Waals surface area contributed by atoms with Crippen LogP contribution in [-0.4, -0.2) is 23.3 Å². The summed E-state index contributed by atoms with van der Waals surface area (Å²) in [5.74, 6) is 1.77. The van der Waals surface area contributed by atoms with Crippen molar-refractivity contribution in [2.45, 2.75) is 58.0 Å². The molecule has 1 aromatic heterocycles. The van der Waals surface area contributed by atoms with Crippen molar-refractivity contribution in [2.24, 2.45) is 11.7 Å². The first-order valence-electron chi connectivity index (χ1n) is 7.37. The van der Waals surface area contributed by atoms with E-state index in [4.69, 9.17) is 15.0 Å². The molecule has 1 atom stereocenters. The van der Waals surface area contributed by atoms with E-state index in [1.54, 1.807) is 0 Å². The molecule has 1 aliphatic rings. The highest BCUT2D eigenvalue weighted by Gasteiger charge is 2.39. The zero-order valence-corrected chi connectivity index (χ0v) is 12.0. The van der Waals surface area contributed by atoms with Gasteiger partial charge in [0, 0.05) is 13.0 Å². The van der Waals surface area contributed by atoms with Gasteiger partial charge >= 0.3 is 0 Å². The fourth-order valence-corrected chi connectivity index (χ4v) is 2.74. The fourth-order valence-electron chi connectivity index (χ4n) is 2.74. The Kier molecular flexibility index (Phi) is 4.93. The van der Waals surface area contributed by atoms with Crippen LogP contribution in [0, 0.1) is 5.92 Å². The normalized spacial score (nSPS) is 20.4. The van der Waals surface area contributed by atoms with E-state index in [1.807, 2.05) is 6.92 Å². The van der Waals surface area contributed by atoms with Crippen molar-refractivity contribution in [3.8, 4) is 0 Å². The Bertz CT molecular complexity index is 380. The molecule has 19 heavy (non-hydrogen) atoms. The third-order valence-corrected chi connectivity index (χ3v) is 3.88. The molecule has 1 saturated carbocycles. The van der Waals surface area contributed by atoms with Crippen LogP contribution in [0.5, 0.6) is 0 Å². The number of ether oxygens (including phenoxy) is 1. The maximum Gasteiger partial charge on any atom is 0.227 e. The van der Waals surface area contributed by atoms with Crippen LogP contribution >= 0.6 is 0 Å². The largest absolute Gasteiger partial charge is 0.367 e. The Morgan fingerprint density at radius 3 is 2.74 bits per heavy atom. The molecule has 2 rings (SSSR count). The number of hydrogen-bond donors (Lipinski definition) is 1. The third-order valence-electron chi connectivity index (χ3n) is 3.88. The highest BCUT2D eigenvalue weighted by molar-refractivity contribution is 5.03. The quantitative estimate of drug-likeness (QED) is 0.856. The Morgan fingerprint density at radius 2 is 2.11 bits per heavy atom. The minimum absolute atomic E-state index is 0.319. The molecule has 1 unspecified atom stereocenters. The summed E-state index contributed by atoms with van der Waals surface area (Å²) in [7, 11) is 0. The van der Waals surface area contributed by atoms with Crippen LogP contribution in [0.1, 0.15) is 57.7 Å².